The third-order valence-corrected chi connectivity index (χ3v) is 2.76. The average Bonchev–Trinajstić information content (AvgIpc) is 2.44. The predicted molar refractivity (Wildman–Crippen MR) is 58.4 cm³/mol. The molecule has 1 aliphatic heterocycles. The Kier molecular flexibility index (Phi) is 4.12. The standard InChI is InChI=1S/C11H20N2O2/c1-8(2)5-4-6-9(3)13-7-10(14)12-11(13)15/h8-9H,4-7H2,1-3H3,(H,12,14,15). The molecule has 4 heteroatoms. The third-order valence-electron chi connectivity index (χ3n) is 2.76. The van der Waals surface area contributed by atoms with Gasteiger partial charge >= 0.3 is 6.03 Å². The molecule has 0 spiro atoms. The van der Waals surface area contributed by atoms with Crippen LogP contribution in [0.2, 0.25) is 0 Å². The maximum Gasteiger partial charge on any atom is 0.324 e. The number of amides is 3. The van der Waals surface area contributed by atoms with Gasteiger partial charge in [-0.1, -0.05) is 26.7 Å². The normalized spacial score (nSPS) is 18.5. The molecule has 86 valence electrons. The topological polar surface area (TPSA) is 49.4 Å². The van der Waals surface area contributed by atoms with Crippen molar-refractivity contribution >= 4 is 11.9 Å². The number of nitrogens with zero attached hydrogens (tertiary/aromatic N) is 1. The van der Waals surface area contributed by atoms with Crippen molar-refractivity contribution in [1.29, 1.82) is 0 Å². The van der Waals surface area contributed by atoms with Crippen LogP contribution in [0.5, 0.6) is 0 Å². The largest absolute Gasteiger partial charge is 0.324 e. The van der Waals surface area contributed by atoms with E-state index in [1.54, 1.807) is 4.90 Å². The van der Waals surface area contributed by atoms with Crippen LogP contribution < -0.4 is 5.32 Å². The van der Waals surface area contributed by atoms with Crippen LogP contribution in [-0.2, 0) is 4.79 Å². The number of imide groups is 1. The summed E-state index contributed by atoms with van der Waals surface area (Å²) in [6.45, 7) is 6.60. The van der Waals surface area contributed by atoms with Crippen LogP contribution in [-0.4, -0.2) is 29.4 Å². The van der Waals surface area contributed by atoms with Crippen molar-refractivity contribution in [3.05, 3.63) is 0 Å². The fourth-order valence-corrected chi connectivity index (χ4v) is 1.79. The van der Waals surface area contributed by atoms with E-state index in [0.29, 0.717) is 5.92 Å². The molecule has 1 unspecified atom stereocenters. The molecule has 0 saturated carbocycles. The van der Waals surface area contributed by atoms with E-state index in [-0.39, 0.29) is 24.5 Å². The van der Waals surface area contributed by atoms with Gasteiger partial charge in [-0.05, 0) is 19.3 Å². The Labute approximate surface area is 91.0 Å². The van der Waals surface area contributed by atoms with E-state index in [9.17, 15) is 9.59 Å². The minimum Gasteiger partial charge on any atom is -0.312 e. The second kappa shape index (κ2) is 5.14. The van der Waals surface area contributed by atoms with Gasteiger partial charge in [0.05, 0.1) is 0 Å². The third kappa shape index (κ3) is 3.53. The van der Waals surface area contributed by atoms with Crippen LogP contribution in [0.15, 0.2) is 0 Å². The highest BCUT2D eigenvalue weighted by molar-refractivity contribution is 6.02. The molecular weight excluding hydrogens is 192 g/mol. The number of urea groups is 1. The molecule has 1 rings (SSSR count). The zero-order valence-electron chi connectivity index (χ0n) is 9.75. The van der Waals surface area contributed by atoms with Crippen molar-refractivity contribution in [1.82, 2.24) is 10.2 Å². The van der Waals surface area contributed by atoms with Gasteiger partial charge in [-0.3, -0.25) is 10.1 Å². The number of hydrogen-bond acceptors (Lipinski definition) is 2. The summed E-state index contributed by atoms with van der Waals surface area (Å²) in [5.74, 6) is 0.516. The molecule has 0 bridgehead atoms. The van der Waals surface area contributed by atoms with E-state index in [0.717, 1.165) is 12.8 Å². The molecule has 3 amide bonds. The summed E-state index contributed by atoms with van der Waals surface area (Å²) in [4.78, 5) is 23.9. The lowest BCUT2D eigenvalue weighted by Crippen LogP contribution is -2.36. The van der Waals surface area contributed by atoms with Gasteiger partial charge in [0.15, 0.2) is 0 Å². The van der Waals surface area contributed by atoms with Crippen molar-refractivity contribution in [3.8, 4) is 0 Å². The van der Waals surface area contributed by atoms with Gasteiger partial charge in [0.25, 0.3) is 0 Å². The highest BCUT2D eigenvalue weighted by atomic mass is 16.2. The van der Waals surface area contributed by atoms with E-state index < -0.39 is 0 Å². The van der Waals surface area contributed by atoms with Crippen LogP contribution in [0.1, 0.15) is 40.0 Å². The maximum atomic E-state index is 11.3. The van der Waals surface area contributed by atoms with Crippen molar-refractivity contribution in [2.24, 2.45) is 5.92 Å². The van der Waals surface area contributed by atoms with Gasteiger partial charge in [0.1, 0.15) is 6.54 Å². The SMILES string of the molecule is CC(C)CCCC(C)N1CC(=O)NC1=O. The van der Waals surface area contributed by atoms with E-state index in [1.807, 2.05) is 6.92 Å². The Balaban J connectivity index is 2.30. The summed E-state index contributed by atoms with van der Waals surface area (Å²) in [7, 11) is 0. The minimum absolute atomic E-state index is 0.162. The summed E-state index contributed by atoms with van der Waals surface area (Å²) >= 11 is 0. The molecule has 1 aliphatic rings. The molecule has 1 saturated heterocycles. The predicted octanol–water partition coefficient (Wildman–Crippen LogP) is 1.75. The molecule has 1 heterocycles. The van der Waals surface area contributed by atoms with Crippen molar-refractivity contribution in [2.75, 3.05) is 6.54 Å². The molecule has 0 aliphatic carbocycles. The summed E-state index contributed by atoms with van der Waals surface area (Å²) in [5.41, 5.74) is 0. The van der Waals surface area contributed by atoms with Gasteiger partial charge in [-0.25, -0.2) is 4.79 Å². The zero-order chi connectivity index (χ0) is 11.4. The average molecular weight is 212 g/mol. The monoisotopic (exact) mass is 212 g/mol. The lowest BCUT2D eigenvalue weighted by atomic mass is 10.0. The molecule has 1 fully saturated rings. The van der Waals surface area contributed by atoms with Crippen LogP contribution in [0.4, 0.5) is 4.79 Å². The first kappa shape index (κ1) is 12.0. The Morgan fingerprint density at radius 2 is 1.93 bits per heavy atom. The molecular formula is C11H20N2O2. The van der Waals surface area contributed by atoms with Crippen molar-refractivity contribution < 1.29 is 9.59 Å². The van der Waals surface area contributed by atoms with E-state index in [1.165, 1.54) is 6.42 Å². The summed E-state index contributed by atoms with van der Waals surface area (Å²) < 4.78 is 0. The molecule has 0 aromatic rings. The summed E-state index contributed by atoms with van der Waals surface area (Å²) in [6.07, 6.45) is 3.25. The smallest absolute Gasteiger partial charge is 0.312 e. The fourth-order valence-electron chi connectivity index (χ4n) is 1.79. The second-order valence-electron chi connectivity index (χ2n) is 4.66. The molecule has 0 aromatic carbocycles. The molecule has 0 aromatic heterocycles. The first-order valence-corrected chi connectivity index (χ1v) is 5.61. The van der Waals surface area contributed by atoms with E-state index in [4.69, 9.17) is 0 Å². The Bertz CT molecular complexity index is 251. The lowest BCUT2D eigenvalue weighted by molar-refractivity contribution is -0.118. The molecule has 15 heavy (non-hydrogen) atoms. The van der Waals surface area contributed by atoms with Crippen LogP contribution in [0.3, 0.4) is 0 Å². The first-order valence-electron chi connectivity index (χ1n) is 5.61. The highest BCUT2D eigenvalue weighted by Crippen LogP contribution is 2.14. The van der Waals surface area contributed by atoms with Gasteiger partial charge in [-0.2, -0.15) is 0 Å². The van der Waals surface area contributed by atoms with Gasteiger partial charge in [0.2, 0.25) is 5.91 Å². The molecule has 1 atom stereocenters. The fraction of sp³-hybridized carbons (Fsp3) is 0.818. The van der Waals surface area contributed by atoms with Gasteiger partial charge in [-0.15, -0.1) is 0 Å². The Morgan fingerprint density at radius 3 is 2.40 bits per heavy atom. The molecule has 4 nitrogen and oxygen atoms in total. The number of carbonyl (C=O) groups is 2. The molecule has 0 radical (unpaired) electrons. The van der Waals surface area contributed by atoms with Gasteiger partial charge < -0.3 is 4.90 Å². The minimum atomic E-state index is -0.239. The van der Waals surface area contributed by atoms with Crippen LogP contribution in [0.25, 0.3) is 0 Å². The Morgan fingerprint density at radius 1 is 1.27 bits per heavy atom. The van der Waals surface area contributed by atoms with Crippen molar-refractivity contribution in [3.63, 3.8) is 0 Å². The second-order valence-corrected chi connectivity index (χ2v) is 4.66. The highest BCUT2D eigenvalue weighted by Gasteiger charge is 2.29. The maximum absolute atomic E-state index is 11.3. The van der Waals surface area contributed by atoms with E-state index >= 15 is 0 Å². The number of carbonyl (C=O) groups excluding carboxylic acids is 2. The summed E-state index contributed by atoms with van der Waals surface area (Å²) in [6, 6.07) is -0.0766. The first-order chi connectivity index (χ1) is 7.00. The van der Waals surface area contributed by atoms with Crippen LogP contribution in [0, 0.1) is 5.92 Å². The molecule has 1 N–H and O–H groups in total. The van der Waals surface area contributed by atoms with Crippen molar-refractivity contribution in [2.45, 2.75) is 46.1 Å². The quantitative estimate of drug-likeness (QED) is 0.706. The summed E-state index contributed by atoms with van der Waals surface area (Å²) in [5, 5.41) is 2.30. The Hall–Kier alpha value is -1.06. The van der Waals surface area contributed by atoms with Gasteiger partial charge in [0, 0.05) is 6.04 Å². The lowest BCUT2D eigenvalue weighted by Gasteiger charge is -2.22. The number of hydrogen-bond donors (Lipinski definition) is 1. The number of rotatable bonds is 5. The number of nitrogens with one attached hydrogen (secondary N) is 1. The zero-order valence-corrected chi connectivity index (χ0v) is 9.75. The van der Waals surface area contributed by atoms with Crippen LogP contribution >= 0.6 is 0 Å². The van der Waals surface area contributed by atoms with E-state index in [2.05, 4.69) is 19.2 Å².